The SMILES string of the molecule is CCC(=O)COCC(=O)NCCOC. The van der Waals surface area contributed by atoms with E-state index in [-0.39, 0.29) is 24.9 Å². The van der Waals surface area contributed by atoms with Crippen molar-refractivity contribution in [1.82, 2.24) is 5.32 Å². The second kappa shape index (κ2) is 8.65. The molecule has 0 heterocycles. The van der Waals surface area contributed by atoms with Gasteiger partial charge >= 0.3 is 0 Å². The van der Waals surface area contributed by atoms with Gasteiger partial charge in [-0.3, -0.25) is 9.59 Å². The van der Waals surface area contributed by atoms with Crippen molar-refractivity contribution in [2.24, 2.45) is 0 Å². The molecule has 0 radical (unpaired) electrons. The molecule has 0 aromatic carbocycles. The highest BCUT2D eigenvalue weighted by Crippen LogP contribution is 1.83. The molecule has 5 nitrogen and oxygen atoms in total. The number of nitrogens with one attached hydrogen (secondary N) is 1. The first kappa shape index (κ1) is 13.1. The average molecular weight is 203 g/mol. The van der Waals surface area contributed by atoms with Gasteiger partial charge in [0.05, 0.1) is 6.61 Å². The van der Waals surface area contributed by atoms with Crippen LogP contribution in [0, 0.1) is 0 Å². The van der Waals surface area contributed by atoms with Crippen molar-refractivity contribution >= 4 is 11.7 Å². The van der Waals surface area contributed by atoms with Crippen LogP contribution in [0.15, 0.2) is 0 Å². The zero-order valence-electron chi connectivity index (χ0n) is 8.67. The van der Waals surface area contributed by atoms with Gasteiger partial charge in [-0.2, -0.15) is 0 Å². The Kier molecular flexibility index (Phi) is 8.07. The molecule has 0 aromatic rings. The minimum Gasteiger partial charge on any atom is -0.383 e. The monoisotopic (exact) mass is 203 g/mol. The summed E-state index contributed by atoms with van der Waals surface area (Å²) in [5.41, 5.74) is 0. The molecule has 14 heavy (non-hydrogen) atoms. The van der Waals surface area contributed by atoms with Crippen molar-refractivity contribution < 1.29 is 19.1 Å². The Morgan fingerprint density at radius 2 is 2.00 bits per heavy atom. The summed E-state index contributed by atoms with van der Waals surface area (Å²) in [6, 6.07) is 0. The molecule has 82 valence electrons. The average Bonchev–Trinajstić information content (AvgIpc) is 2.18. The lowest BCUT2D eigenvalue weighted by Crippen LogP contribution is -2.31. The van der Waals surface area contributed by atoms with Crippen molar-refractivity contribution in [2.45, 2.75) is 13.3 Å². The summed E-state index contributed by atoms with van der Waals surface area (Å²) in [4.78, 5) is 21.8. The Morgan fingerprint density at radius 1 is 1.29 bits per heavy atom. The molecule has 0 saturated carbocycles. The number of Topliss-reactive ketones (excluding diaryl/α,β-unsaturated/α-hetero) is 1. The van der Waals surface area contributed by atoms with Gasteiger partial charge in [-0.15, -0.1) is 0 Å². The molecule has 0 rings (SSSR count). The lowest BCUT2D eigenvalue weighted by atomic mass is 10.3. The normalized spacial score (nSPS) is 9.86. The van der Waals surface area contributed by atoms with E-state index >= 15 is 0 Å². The van der Waals surface area contributed by atoms with Crippen LogP contribution in [0.2, 0.25) is 0 Å². The summed E-state index contributed by atoms with van der Waals surface area (Å²) in [6.45, 7) is 2.62. The number of ether oxygens (including phenoxy) is 2. The third-order valence-electron chi connectivity index (χ3n) is 1.52. The van der Waals surface area contributed by atoms with Crippen LogP contribution >= 0.6 is 0 Å². The van der Waals surface area contributed by atoms with Gasteiger partial charge in [0.25, 0.3) is 0 Å². The molecular formula is C9H17NO4. The molecule has 0 aliphatic heterocycles. The number of amides is 1. The fraction of sp³-hybridized carbons (Fsp3) is 0.778. The van der Waals surface area contributed by atoms with E-state index < -0.39 is 0 Å². The minimum atomic E-state index is -0.231. The highest BCUT2D eigenvalue weighted by Gasteiger charge is 2.02. The summed E-state index contributed by atoms with van der Waals surface area (Å²) in [5, 5.41) is 2.58. The summed E-state index contributed by atoms with van der Waals surface area (Å²) < 4.78 is 9.62. The van der Waals surface area contributed by atoms with Gasteiger partial charge in [-0.25, -0.2) is 0 Å². The minimum absolute atomic E-state index is 0.00492. The molecular weight excluding hydrogens is 186 g/mol. The van der Waals surface area contributed by atoms with Crippen molar-refractivity contribution in [3.05, 3.63) is 0 Å². The molecule has 0 aromatic heterocycles. The summed E-state index contributed by atoms with van der Waals surface area (Å²) in [6.07, 6.45) is 0.436. The predicted molar refractivity (Wildman–Crippen MR) is 51.0 cm³/mol. The summed E-state index contributed by atoms with van der Waals surface area (Å²) in [7, 11) is 1.56. The standard InChI is InChI=1S/C9H17NO4/c1-3-8(11)6-14-7-9(12)10-4-5-13-2/h3-7H2,1-2H3,(H,10,12). The van der Waals surface area contributed by atoms with Crippen molar-refractivity contribution in [3.8, 4) is 0 Å². The quantitative estimate of drug-likeness (QED) is 0.552. The van der Waals surface area contributed by atoms with Crippen LogP contribution < -0.4 is 5.32 Å². The molecule has 0 aliphatic rings. The van der Waals surface area contributed by atoms with Crippen LogP contribution in [0.4, 0.5) is 0 Å². The van der Waals surface area contributed by atoms with Gasteiger partial charge in [0, 0.05) is 20.1 Å². The number of hydrogen-bond donors (Lipinski definition) is 1. The Labute approximate surface area is 83.8 Å². The van der Waals surface area contributed by atoms with Crippen LogP contribution in [0.5, 0.6) is 0 Å². The number of methoxy groups -OCH3 is 1. The van der Waals surface area contributed by atoms with E-state index in [1.165, 1.54) is 0 Å². The first-order chi connectivity index (χ1) is 6.70. The van der Waals surface area contributed by atoms with Gasteiger partial charge in [-0.05, 0) is 0 Å². The highest BCUT2D eigenvalue weighted by molar-refractivity contribution is 5.80. The molecule has 1 amide bonds. The van der Waals surface area contributed by atoms with Gasteiger partial charge in [0.2, 0.25) is 5.91 Å². The third-order valence-corrected chi connectivity index (χ3v) is 1.52. The summed E-state index contributed by atoms with van der Waals surface area (Å²) in [5.74, 6) is -0.236. The second-order valence-corrected chi connectivity index (χ2v) is 2.73. The van der Waals surface area contributed by atoms with E-state index in [9.17, 15) is 9.59 Å². The van der Waals surface area contributed by atoms with Crippen molar-refractivity contribution in [3.63, 3.8) is 0 Å². The maximum absolute atomic E-state index is 11.0. The van der Waals surface area contributed by atoms with Crippen LogP contribution in [0.3, 0.4) is 0 Å². The van der Waals surface area contributed by atoms with E-state index in [1.54, 1.807) is 14.0 Å². The fourth-order valence-electron chi connectivity index (χ4n) is 0.703. The van der Waals surface area contributed by atoms with Gasteiger partial charge < -0.3 is 14.8 Å². The van der Waals surface area contributed by atoms with Crippen LogP contribution in [-0.4, -0.2) is 45.2 Å². The van der Waals surface area contributed by atoms with Crippen LogP contribution in [0.25, 0.3) is 0 Å². The molecule has 0 bridgehead atoms. The number of ketones is 1. The maximum Gasteiger partial charge on any atom is 0.246 e. The first-order valence-corrected chi connectivity index (χ1v) is 4.55. The molecule has 0 fully saturated rings. The lowest BCUT2D eigenvalue weighted by Gasteiger charge is -2.04. The molecule has 0 saturated heterocycles. The molecule has 0 spiro atoms. The molecule has 0 aliphatic carbocycles. The highest BCUT2D eigenvalue weighted by atomic mass is 16.5. The van der Waals surface area contributed by atoms with Crippen molar-refractivity contribution in [1.29, 1.82) is 0 Å². The topological polar surface area (TPSA) is 64.6 Å². The van der Waals surface area contributed by atoms with E-state index in [4.69, 9.17) is 9.47 Å². The van der Waals surface area contributed by atoms with Crippen LogP contribution in [0.1, 0.15) is 13.3 Å². The first-order valence-electron chi connectivity index (χ1n) is 4.55. The van der Waals surface area contributed by atoms with Gasteiger partial charge in [0.15, 0.2) is 5.78 Å². The van der Waals surface area contributed by atoms with Gasteiger partial charge in [0.1, 0.15) is 13.2 Å². The van der Waals surface area contributed by atoms with Gasteiger partial charge in [-0.1, -0.05) is 6.92 Å². The Bertz CT molecular complexity index is 182. The van der Waals surface area contributed by atoms with Crippen LogP contribution in [-0.2, 0) is 19.1 Å². The van der Waals surface area contributed by atoms with E-state index in [2.05, 4.69) is 5.32 Å². The molecule has 1 N–H and O–H groups in total. The zero-order chi connectivity index (χ0) is 10.8. The Hall–Kier alpha value is -0.940. The third kappa shape index (κ3) is 7.70. The number of rotatable bonds is 8. The van der Waals surface area contributed by atoms with E-state index in [1.807, 2.05) is 0 Å². The predicted octanol–water partition coefficient (Wildman–Crippen LogP) is -0.255. The smallest absolute Gasteiger partial charge is 0.246 e. The number of carbonyl (C=O) groups excluding carboxylic acids is 2. The fourth-order valence-corrected chi connectivity index (χ4v) is 0.703. The van der Waals surface area contributed by atoms with E-state index in [0.717, 1.165) is 0 Å². The second-order valence-electron chi connectivity index (χ2n) is 2.73. The number of carbonyl (C=O) groups is 2. The largest absolute Gasteiger partial charge is 0.383 e. The maximum atomic E-state index is 11.0. The molecule has 0 unspecified atom stereocenters. The molecule has 0 atom stereocenters. The lowest BCUT2D eigenvalue weighted by molar-refractivity contribution is -0.129. The number of hydrogen-bond acceptors (Lipinski definition) is 4. The Morgan fingerprint density at radius 3 is 2.57 bits per heavy atom. The summed E-state index contributed by atoms with van der Waals surface area (Å²) >= 11 is 0. The zero-order valence-corrected chi connectivity index (χ0v) is 8.67. The van der Waals surface area contributed by atoms with E-state index in [0.29, 0.717) is 19.6 Å². The van der Waals surface area contributed by atoms with Crippen molar-refractivity contribution in [2.75, 3.05) is 33.5 Å². The Balaban J connectivity index is 3.31. The molecule has 5 heteroatoms.